The van der Waals surface area contributed by atoms with Crippen molar-refractivity contribution in [2.45, 2.75) is 44.9 Å². The van der Waals surface area contributed by atoms with E-state index < -0.39 is 0 Å². The van der Waals surface area contributed by atoms with E-state index in [1.807, 2.05) is 19.2 Å². The molecule has 0 N–H and O–H groups in total. The number of ether oxygens (including phenoxy) is 2. The normalized spacial score (nSPS) is 31.0. The lowest BCUT2D eigenvalue weighted by Crippen LogP contribution is -2.21. The fourth-order valence-corrected chi connectivity index (χ4v) is 3.86. The molecule has 0 radical (unpaired) electrons. The van der Waals surface area contributed by atoms with Crippen molar-refractivity contribution < 1.29 is 14.3 Å². The van der Waals surface area contributed by atoms with Crippen molar-refractivity contribution in [1.82, 2.24) is 4.98 Å². The first-order chi connectivity index (χ1) is 10.2. The average Bonchev–Trinajstić information content (AvgIpc) is 3.21. The number of nitrogens with zero attached hydrogens (tertiary/aromatic N) is 1. The van der Waals surface area contributed by atoms with Gasteiger partial charge in [-0.15, -0.1) is 0 Å². The Kier molecular flexibility index (Phi) is 3.87. The van der Waals surface area contributed by atoms with E-state index in [2.05, 4.69) is 11.1 Å². The molecule has 0 aromatic carbocycles. The highest BCUT2D eigenvalue weighted by molar-refractivity contribution is 5.77. The van der Waals surface area contributed by atoms with Crippen LogP contribution in [0.2, 0.25) is 0 Å². The second-order valence-corrected chi connectivity index (χ2v) is 6.30. The molecule has 4 heteroatoms. The Balaban J connectivity index is 1.67. The van der Waals surface area contributed by atoms with Gasteiger partial charge < -0.3 is 9.47 Å². The highest BCUT2D eigenvalue weighted by Gasteiger charge is 2.60. The van der Waals surface area contributed by atoms with E-state index in [9.17, 15) is 4.79 Å². The average molecular weight is 289 g/mol. The lowest BCUT2D eigenvalue weighted by Gasteiger charge is -2.30. The van der Waals surface area contributed by atoms with E-state index in [-0.39, 0.29) is 17.3 Å². The molecule has 4 nitrogen and oxygen atoms in total. The fraction of sp³-hybridized carbons (Fsp3) is 0.647. The van der Waals surface area contributed by atoms with Crippen LogP contribution >= 0.6 is 0 Å². The van der Waals surface area contributed by atoms with Crippen LogP contribution < -0.4 is 4.74 Å². The molecule has 2 aliphatic carbocycles. The van der Waals surface area contributed by atoms with Crippen molar-refractivity contribution in [2.75, 3.05) is 13.7 Å². The van der Waals surface area contributed by atoms with E-state index in [4.69, 9.17) is 9.47 Å². The van der Waals surface area contributed by atoms with Crippen LogP contribution in [0.5, 0.6) is 5.88 Å². The minimum absolute atomic E-state index is 0.00556. The summed E-state index contributed by atoms with van der Waals surface area (Å²) in [7, 11) is 1.63. The lowest BCUT2D eigenvalue weighted by atomic mass is 9.75. The highest BCUT2D eigenvalue weighted by atomic mass is 16.5. The van der Waals surface area contributed by atoms with Gasteiger partial charge in [0, 0.05) is 12.3 Å². The largest absolute Gasteiger partial charge is 0.481 e. The second-order valence-electron chi connectivity index (χ2n) is 6.30. The molecule has 1 heterocycles. The third-order valence-corrected chi connectivity index (χ3v) is 5.08. The molecule has 3 rings (SSSR count). The summed E-state index contributed by atoms with van der Waals surface area (Å²) in [4.78, 5) is 16.3. The van der Waals surface area contributed by atoms with Gasteiger partial charge in [0.1, 0.15) is 0 Å². The molecule has 2 saturated carbocycles. The molecular formula is C17H23NO3. The summed E-state index contributed by atoms with van der Waals surface area (Å²) in [6.07, 6.45) is 7.55. The van der Waals surface area contributed by atoms with Gasteiger partial charge in [-0.1, -0.05) is 12.5 Å². The van der Waals surface area contributed by atoms with Crippen molar-refractivity contribution in [3.63, 3.8) is 0 Å². The highest BCUT2D eigenvalue weighted by Crippen LogP contribution is 2.64. The van der Waals surface area contributed by atoms with E-state index in [1.165, 1.54) is 18.4 Å². The number of carbonyl (C=O) groups is 1. The third kappa shape index (κ3) is 2.76. The van der Waals surface area contributed by atoms with Gasteiger partial charge in [-0.2, -0.15) is 0 Å². The first-order valence-electron chi connectivity index (χ1n) is 7.85. The van der Waals surface area contributed by atoms with E-state index in [0.717, 1.165) is 19.3 Å². The van der Waals surface area contributed by atoms with Gasteiger partial charge in [-0.25, -0.2) is 4.98 Å². The molecule has 1 spiro atoms. The van der Waals surface area contributed by atoms with Crippen molar-refractivity contribution in [3.05, 3.63) is 23.9 Å². The maximum Gasteiger partial charge on any atom is 0.309 e. The molecule has 0 saturated heterocycles. The number of pyridine rings is 1. The standard InChI is InChI=1S/C17H23NO3/c1-3-21-16(19)14-10-17(14)8-4-5-12(9-17)13-6-7-15(20-2)18-11-13/h6-7,11-12,14H,3-5,8-10H2,1-2H3/t12-,14?,17?/m1/s1. The van der Waals surface area contributed by atoms with Crippen LogP contribution in [-0.2, 0) is 9.53 Å². The summed E-state index contributed by atoms with van der Waals surface area (Å²) < 4.78 is 10.3. The van der Waals surface area contributed by atoms with Gasteiger partial charge in [-0.3, -0.25) is 4.79 Å². The number of aromatic nitrogens is 1. The van der Waals surface area contributed by atoms with Gasteiger partial charge in [0.2, 0.25) is 5.88 Å². The minimum atomic E-state index is 0.00556. The number of hydrogen-bond donors (Lipinski definition) is 0. The molecule has 1 aromatic rings. The maximum absolute atomic E-state index is 12.0. The monoisotopic (exact) mass is 289 g/mol. The van der Waals surface area contributed by atoms with Crippen LogP contribution in [0.3, 0.4) is 0 Å². The van der Waals surface area contributed by atoms with Gasteiger partial charge in [0.25, 0.3) is 0 Å². The van der Waals surface area contributed by atoms with Gasteiger partial charge >= 0.3 is 5.97 Å². The Hall–Kier alpha value is -1.58. The molecular weight excluding hydrogens is 266 g/mol. The SMILES string of the molecule is CCOC(=O)C1CC12CCC[C@@H](c1ccc(OC)nc1)C2. The molecule has 0 aliphatic heterocycles. The molecule has 2 aliphatic rings. The molecule has 1 aromatic heterocycles. The van der Waals surface area contributed by atoms with Crippen LogP contribution in [0.15, 0.2) is 18.3 Å². The number of methoxy groups -OCH3 is 1. The number of esters is 1. The summed E-state index contributed by atoms with van der Waals surface area (Å²) in [5.41, 5.74) is 1.47. The molecule has 3 atom stereocenters. The fourth-order valence-electron chi connectivity index (χ4n) is 3.86. The summed E-state index contributed by atoms with van der Waals surface area (Å²) in [5, 5.41) is 0. The zero-order valence-electron chi connectivity index (χ0n) is 12.8. The Morgan fingerprint density at radius 1 is 1.43 bits per heavy atom. The van der Waals surface area contributed by atoms with Gasteiger partial charge in [-0.05, 0) is 49.5 Å². The van der Waals surface area contributed by atoms with E-state index in [0.29, 0.717) is 18.4 Å². The predicted octanol–water partition coefficient (Wildman–Crippen LogP) is 3.32. The molecule has 2 fully saturated rings. The smallest absolute Gasteiger partial charge is 0.309 e. The van der Waals surface area contributed by atoms with Crippen molar-refractivity contribution in [1.29, 1.82) is 0 Å². The van der Waals surface area contributed by atoms with Crippen LogP contribution in [0.25, 0.3) is 0 Å². The third-order valence-electron chi connectivity index (χ3n) is 5.08. The summed E-state index contributed by atoms with van der Waals surface area (Å²) in [6.45, 7) is 2.36. The van der Waals surface area contributed by atoms with Crippen LogP contribution in [0, 0.1) is 11.3 Å². The number of hydrogen-bond acceptors (Lipinski definition) is 4. The maximum atomic E-state index is 12.0. The second kappa shape index (κ2) is 5.66. The van der Waals surface area contributed by atoms with Gasteiger partial charge in [0.15, 0.2) is 0 Å². The van der Waals surface area contributed by atoms with Crippen LogP contribution in [0.4, 0.5) is 0 Å². The Morgan fingerprint density at radius 3 is 2.95 bits per heavy atom. The van der Waals surface area contributed by atoms with Crippen LogP contribution in [-0.4, -0.2) is 24.7 Å². The van der Waals surface area contributed by atoms with Crippen molar-refractivity contribution in [2.24, 2.45) is 11.3 Å². The zero-order chi connectivity index (χ0) is 14.9. The summed E-state index contributed by atoms with van der Waals surface area (Å²) in [5.74, 6) is 1.30. The molecule has 0 amide bonds. The zero-order valence-corrected chi connectivity index (χ0v) is 12.8. The van der Waals surface area contributed by atoms with E-state index in [1.54, 1.807) is 7.11 Å². The molecule has 21 heavy (non-hydrogen) atoms. The first kappa shape index (κ1) is 14.4. The first-order valence-corrected chi connectivity index (χ1v) is 7.85. The Morgan fingerprint density at radius 2 is 2.29 bits per heavy atom. The Labute approximate surface area is 125 Å². The minimum Gasteiger partial charge on any atom is -0.481 e. The van der Waals surface area contributed by atoms with E-state index >= 15 is 0 Å². The van der Waals surface area contributed by atoms with Crippen molar-refractivity contribution in [3.8, 4) is 5.88 Å². The van der Waals surface area contributed by atoms with Crippen LogP contribution in [0.1, 0.15) is 50.5 Å². The summed E-state index contributed by atoms with van der Waals surface area (Å²) in [6, 6.07) is 4.03. The quantitative estimate of drug-likeness (QED) is 0.798. The predicted molar refractivity (Wildman–Crippen MR) is 79.2 cm³/mol. The van der Waals surface area contributed by atoms with Crippen molar-refractivity contribution >= 4 is 5.97 Å². The number of rotatable bonds is 4. The molecule has 114 valence electrons. The van der Waals surface area contributed by atoms with Gasteiger partial charge in [0.05, 0.1) is 19.6 Å². The summed E-state index contributed by atoms with van der Waals surface area (Å²) >= 11 is 0. The molecule has 2 unspecified atom stereocenters. The number of carbonyl (C=O) groups excluding carboxylic acids is 1. The lowest BCUT2D eigenvalue weighted by molar-refractivity contribution is -0.145. The Bertz CT molecular complexity index is 513. The molecule has 0 bridgehead atoms. The topological polar surface area (TPSA) is 48.4 Å².